The van der Waals surface area contributed by atoms with Crippen molar-refractivity contribution >= 4 is 21.4 Å². The predicted octanol–water partition coefficient (Wildman–Crippen LogP) is 4.13. The molecule has 0 radical (unpaired) electrons. The molecule has 8 heteroatoms. The van der Waals surface area contributed by atoms with Crippen LogP contribution in [-0.4, -0.2) is 29.4 Å². The molecule has 2 aromatic heterocycles. The lowest BCUT2D eigenvalue weighted by atomic mass is 10.0. The van der Waals surface area contributed by atoms with Crippen LogP contribution in [-0.2, 0) is 16.6 Å². The zero-order chi connectivity index (χ0) is 18.7. The highest BCUT2D eigenvalue weighted by molar-refractivity contribution is 7.89. The molecule has 0 bridgehead atoms. The molecular formula is C18H21N3O3S2. The fraction of sp³-hybridized carbons (Fsp3) is 0.333. The molecule has 0 saturated carbocycles. The van der Waals surface area contributed by atoms with Crippen molar-refractivity contribution in [2.24, 2.45) is 0 Å². The average molecular weight is 392 g/mol. The first-order valence-corrected chi connectivity index (χ1v) is 10.7. The van der Waals surface area contributed by atoms with E-state index in [-0.39, 0.29) is 17.3 Å². The summed E-state index contributed by atoms with van der Waals surface area (Å²) in [6, 6.07) is 10.8. The molecule has 0 amide bonds. The van der Waals surface area contributed by atoms with Crippen LogP contribution in [0.15, 0.2) is 51.2 Å². The van der Waals surface area contributed by atoms with Gasteiger partial charge in [-0.15, -0.1) is 11.3 Å². The van der Waals surface area contributed by atoms with Gasteiger partial charge in [0.2, 0.25) is 21.7 Å². The molecule has 0 aliphatic heterocycles. The Kier molecular flexibility index (Phi) is 5.55. The van der Waals surface area contributed by atoms with Crippen LogP contribution in [0.1, 0.15) is 38.1 Å². The molecule has 0 spiro atoms. The number of sulfonamides is 1. The van der Waals surface area contributed by atoms with Crippen molar-refractivity contribution in [1.29, 1.82) is 0 Å². The highest BCUT2D eigenvalue weighted by atomic mass is 32.2. The first kappa shape index (κ1) is 18.8. The quantitative estimate of drug-likeness (QED) is 0.605. The van der Waals surface area contributed by atoms with Crippen molar-refractivity contribution in [2.75, 3.05) is 6.54 Å². The van der Waals surface area contributed by atoms with Gasteiger partial charge in [-0.3, -0.25) is 0 Å². The summed E-state index contributed by atoms with van der Waals surface area (Å²) >= 11 is 1.50. The van der Waals surface area contributed by atoms with Gasteiger partial charge in [-0.25, -0.2) is 8.42 Å². The number of nitrogens with zero attached hydrogens (tertiary/aromatic N) is 3. The minimum atomic E-state index is -3.63. The van der Waals surface area contributed by atoms with Crippen molar-refractivity contribution in [1.82, 2.24) is 14.4 Å². The summed E-state index contributed by atoms with van der Waals surface area (Å²) in [5.74, 6) is 1.10. The molecule has 0 N–H and O–H groups in total. The number of aromatic nitrogens is 2. The predicted molar refractivity (Wildman–Crippen MR) is 101 cm³/mol. The fourth-order valence-corrected chi connectivity index (χ4v) is 4.56. The summed E-state index contributed by atoms with van der Waals surface area (Å²) in [6.07, 6.45) is 0. The number of thiophene rings is 1. The highest BCUT2D eigenvalue weighted by Gasteiger charge is 2.25. The van der Waals surface area contributed by atoms with Crippen LogP contribution in [0, 0.1) is 0 Å². The van der Waals surface area contributed by atoms with E-state index in [1.54, 1.807) is 19.1 Å². The number of rotatable bonds is 7. The van der Waals surface area contributed by atoms with Crippen LogP contribution >= 0.6 is 11.3 Å². The lowest BCUT2D eigenvalue weighted by molar-refractivity contribution is 0.321. The second kappa shape index (κ2) is 7.69. The van der Waals surface area contributed by atoms with Gasteiger partial charge in [0.25, 0.3) is 0 Å². The summed E-state index contributed by atoms with van der Waals surface area (Å²) in [6.45, 7) is 6.29. The van der Waals surface area contributed by atoms with Gasteiger partial charge in [-0.2, -0.15) is 9.29 Å². The lowest BCUT2D eigenvalue weighted by Gasteiger charge is -2.19. The molecule has 138 valence electrons. The standard InChI is InChI=1S/C18H21N3O3S2/c1-4-21(12-17-19-18(20-24-17)16-6-5-11-25-16)26(22,23)15-9-7-14(8-10-15)13(2)3/h5-11,13H,4,12H2,1-3H3. The van der Waals surface area contributed by atoms with E-state index < -0.39 is 10.0 Å². The normalized spacial score (nSPS) is 12.2. The summed E-state index contributed by atoms with van der Waals surface area (Å²) < 4.78 is 32.4. The Morgan fingerprint density at radius 3 is 2.50 bits per heavy atom. The maximum Gasteiger partial charge on any atom is 0.243 e. The molecule has 6 nitrogen and oxygen atoms in total. The molecule has 26 heavy (non-hydrogen) atoms. The van der Waals surface area contributed by atoms with E-state index in [4.69, 9.17) is 4.52 Å². The SMILES string of the molecule is CCN(Cc1nc(-c2cccs2)no1)S(=O)(=O)c1ccc(C(C)C)cc1. The van der Waals surface area contributed by atoms with Crippen LogP contribution in [0.4, 0.5) is 0 Å². The van der Waals surface area contributed by atoms with Crippen LogP contribution in [0.2, 0.25) is 0 Å². The summed E-state index contributed by atoms with van der Waals surface area (Å²) in [5.41, 5.74) is 1.10. The molecule has 0 saturated heterocycles. The van der Waals surface area contributed by atoms with Crippen molar-refractivity contribution in [3.63, 3.8) is 0 Å². The number of benzene rings is 1. The Bertz CT molecular complexity index is 946. The Balaban J connectivity index is 1.81. The zero-order valence-electron chi connectivity index (χ0n) is 14.9. The number of hydrogen-bond donors (Lipinski definition) is 0. The summed E-state index contributed by atoms with van der Waals surface area (Å²) in [5, 5.41) is 5.86. The van der Waals surface area contributed by atoms with Crippen LogP contribution in [0.5, 0.6) is 0 Å². The largest absolute Gasteiger partial charge is 0.337 e. The van der Waals surface area contributed by atoms with Gasteiger partial charge in [-0.1, -0.05) is 44.1 Å². The van der Waals surface area contributed by atoms with Crippen LogP contribution in [0.3, 0.4) is 0 Å². The Morgan fingerprint density at radius 2 is 1.92 bits per heavy atom. The molecule has 0 atom stereocenters. The van der Waals surface area contributed by atoms with E-state index in [0.29, 0.717) is 18.3 Å². The zero-order valence-corrected chi connectivity index (χ0v) is 16.5. The Morgan fingerprint density at radius 1 is 1.19 bits per heavy atom. The molecule has 0 aliphatic carbocycles. The maximum absolute atomic E-state index is 12.9. The van der Waals surface area contributed by atoms with Gasteiger partial charge in [0.15, 0.2) is 0 Å². The average Bonchev–Trinajstić information content (AvgIpc) is 3.31. The molecule has 0 unspecified atom stereocenters. The molecule has 0 fully saturated rings. The van der Waals surface area contributed by atoms with Gasteiger partial charge in [0.05, 0.1) is 16.3 Å². The first-order valence-electron chi connectivity index (χ1n) is 8.38. The second-order valence-electron chi connectivity index (χ2n) is 6.14. The van der Waals surface area contributed by atoms with E-state index in [2.05, 4.69) is 24.0 Å². The molecular weight excluding hydrogens is 370 g/mol. The van der Waals surface area contributed by atoms with E-state index in [0.717, 1.165) is 10.4 Å². The van der Waals surface area contributed by atoms with E-state index in [9.17, 15) is 8.42 Å². The minimum Gasteiger partial charge on any atom is -0.337 e. The van der Waals surface area contributed by atoms with Crippen molar-refractivity contribution in [2.45, 2.75) is 38.1 Å². The van der Waals surface area contributed by atoms with Crippen LogP contribution in [0.25, 0.3) is 10.7 Å². The van der Waals surface area contributed by atoms with Crippen molar-refractivity contribution in [3.05, 3.63) is 53.2 Å². The van der Waals surface area contributed by atoms with Crippen molar-refractivity contribution in [3.8, 4) is 10.7 Å². The minimum absolute atomic E-state index is 0.0448. The second-order valence-corrected chi connectivity index (χ2v) is 9.03. The van der Waals surface area contributed by atoms with E-state index >= 15 is 0 Å². The molecule has 1 aromatic carbocycles. The molecule has 0 aliphatic rings. The van der Waals surface area contributed by atoms with Gasteiger partial charge in [0.1, 0.15) is 0 Å². The lowest BCUT2D eigenvalue weighted by Crippen LogP contribution is -2.30. The van der Waals surface area contributed by atoms with Crippen molar-refractivity contribution < 1.29 is 12.9 Å². The Hall–Kier alpha value is -2.03. The molecule has 3 aromatic rings. The van der Waals surface area contributed by atoms with Gasteiger partial charge < -0.3 is 4.52 Å². The third-order valence-electron chi connectivity index (χ3n) is 4.06. The molecule has 2 heterocycles. The first-order chi connectivity index (χ1) is 12.4. The third kappa shape index (κ3) is 3.87. The Labute approximate surface area is 157 Å². The highest BCUT2D eigenvalue weighted by Crippen LogP contribution is 2.24. The van der Waals surface area contributed by atoms with E-state index in [1.807, 2.05) is 29.6 Å². The number of hydrogen-bond acceptors (Lipinski definition) is 6. The third-order valence-corrected chi connectivity index (χ3v) is 6.86. The van der Waals surface area contributed by atoms with E-state index in [1.165, 1.54) is 15.6 Å². The summed E-state index contributed by atoms with van der Waals surface area (Å²) in [7, 11) is -3.63. The summed E-state index contributed by atoms with van der Waals surface area (Å²) in [4.78, 5) is 5.46. The maximum atomic E-state index is 12.9. The smallest absolute Gasteiger partial charge is 0.243 e. The van der Waals surface area contributed by atoms with Gasteiger partial charge >= 0.3 is 0 Å². The topological polar surface area (TPSA) is 76.3 Å². The fourth-order valence-electron chi connectivity index (χ4n) is 2.52. The van der Waals surface area contributed by atoms with Crippen LogP contribution < -0.4 is 0 Å². The van der Waals surface area contributed by atoms with Gasteiger partial charge in [0, 0.05) is 6.54 Å². The van der Waals surface area contributed by atoms with Gasteiger partial charge in [-0.05, 0) is 35.1 Å². The molecule has 3 rings (SSSR count). The monoisotopic (exact) mass is 391 g/mol.